The van der Waals surface area contributed by atoms with E-state index in [1.807, 2.05) is 0 Å². The van der Waals surface area contributed by atoms with Gasteiger partial charge in [-0.05, 0) is 32.1 Å². The predicted molar refractivity (Wildman–Crippen MR) is 68.9 cm³/mol. The maximum absolute atomic E-state index is 8.42. The first-order valence-electron chi connectivity index (χ1n) is 7.18. The molecular formula is C14H26N2. The van der Waals surface area contributed by atoms with Crippen LogP contribution in [0.25, 0.3) is 0 Å². The van der Waals surface area contributed by atoms with E-state index in [9.17, 15) is 0 Å². The first-order valence-corrected chi connectivity index (χ1v) is 7.18. The van der Waals surface area contributed by atoms with Gasteiger partial charge in [0.25, 0.3) is 0 Å². The van der Waals surface area contributed by atoms with Crippen molar-refractivity contribution < 1.29 is 0 Å². The molecule has 16 heavy (non-hydrogen) atoms. The molecule has 0 atom stereocenters. The molecule has 0 aromatic heterocycles. The summed E-state index contributed by atoms with van der Waals surface area (Å²) < 4.78 is 0. The van der Waals surface area contributed by atoms with Crippen LogP contribution in [-0.4, -0.2) is 23.3 Å². The van der Waals surface area contributed by atoms with E-state index >= 15 is 0 Å². The minimum Gasteiger partial charge on any atom is -0.357 e. The van der Waals surface area contributed by atoms with Crippen molar-refractivity contribution in [3.05, 3.63) is 0 Å². The number of rotatable bonds is 5. The van der Waals surface area contributed by atoms with Gasteiger partial charge >= 0.3 is 0 Å². The van der Waals surface area contributed by atoms with Crippen LogP contribution in [0.15, 0.2) is 0 Å². The van der Waals surface area contributed by atoms with Gasteiger partial charge in [0.15, 0.2) is 0 Å². The fraction of sp³-hybridized carbons (Fsp3) is 0.929. The van der Waals surface area contributed by atoms with Gasteiger partial charge in [0.05, 0.1) is 5.84 Å². The molecule has 2 aliphatic carbocycles. The molecule has 0 aromatic carbocycles. The van der Waals surface area contributed by atoms with Crippen molar-refractivity contribution in [2.45, 2.75) is 70.8 Å². The van der Waals surface area contributed by atoms with E-state index in [1.54, 1.807) is 0 Å². The molecule has 2 fully saturated rings. The second kappa shape index (κ2) is 5.70. The zero-order valence-corrected chi connectivity index (χ0v) is 10.7. The topological polar surface area (TPSA) is 27.1 Å². The van der Waals surface area contributed by atoms with Crippen molar-refractivity contribution in [2.24, 2.45) is 5.92 Å². The highest BCUT2D eigenvalue weighted by Crippen LogP contribution is 2.32. The second-order valence-corrected chi connectivity index (χ2v) is 5.50. The predicted octanol–water partition coefficient (Wildman–Crippen LogP) is 3.81. The Morgan fingerprint density at radius 3 is 2.38 bits per heavy atom. The number of nitrogens with zero attached hydrogens (tertiary/aromatic N) is 1. The molecule has 2 heteroatoms. The summed E-state index contributed by atoms with van der Waals surface area (Å²) >= 11 is 0. The Morgan fingerprint density at radius 1 is 1.12 bits per heavy atom. The van der Waals surface area contributed by atoms with Crippen LogP contribution >= 0.6 is 0 Å². The van der Waals surface area contributed by atoms with E-state index in [2.05, 4.69) is 11.8 Å². The summed E-state index contributed by atoms with van der Waals surface area (Å²) in [5.74, 6) is 1.57. The third kappa shape index (κ3) is 2.99. The number of hydrogen-bond acceptors (Lipinski definition) is 1. The summed E-state index contributed by atoms with van der Waals surface area (Å²) in [5.41, 5.74) is 0. The van der Waals surface area contributed by atoms with Crippen LogP contribution in [-0.2, 0) is 0 Å². The minimum atomic E-state index is 0.589. The highest BCUT2D eigenvalue weighted by Gasteiger charge is 2.33. The first-order chi connectivity index (χ1) is 7.83. The van der Waals surface area contributed by atoms with E-state index < -0.39 is 0 Å². The smallest absolute Gasteiger partial charge is 0.0991 e. The van der Waals surface area contributed by atoms with Gasteiger partial charge in [0, 0.05) is 18.5 Å². The summed E-state index contributed by atoms with van der Waals surface area (Å²) in [6.45, 7) is 3.38. The molecule has 0 radical (unpaired) electrons. The van der Waals surface area contributed by atoms with Crippen LogP contribution in [0.5, 0.6) is 0 Å². The van der Waals surface area contributed by atoms with Crippen LogP contribution in [0.3, 0.4) is 0 Å². The Kier molecular flexibility index (Phi) is 4.25. The van der Waals surface area contributed by atoms with E-state index in [0.29, 0.717) is 5.92 Å². The molecule has 92 valence electrons. The molecule has 0 unspecified atom stereocenters. The van der Waals surface area contributed by atoms with Crippen LogP contribution in [0.1, 0.15) is 64.7 Å². The van der Waals surface area contributed by atoms with Crippen LogP contribution in [0.2, 0.25) is 0 Å². The van der Waals surface area contributed by atoms with Crippen molar-refractivity contribution in [3.63, 3.8) is 0 Å². The molecule has 2 rings (SSSR count). The lowest BCUT2D eigenvalue weighted by atomic mass is 9.88. The van der Waals surface area contributed by atoms with Crippen molar-refractivity contribution in [1.29, 1.82) is 5.41 Å². The van der Waals surface area contributed by atoms with Gasteiger partial charge in [0.1, 0.15) is 0 Å². The number of amidine groups is 1. The third-order valence-corrected chi connectivity index (χ3v) is 4.04. The molecule has 2 saturated carbocycles. The minimum absolute atomic E-state index is 0.589. The Morgan fingerprint density at radius 2 is 1.81 bits per heavy atom. The quantitative estimate of drug-likeness (QED) is 0.556. The largest absolute Gasteiger partial charge is 0.357 e. The van der Waals surface area contributed by atoms with Crippen LogP contribution in [0.4, 0.5) is 0 Å². The van der Waals surface area contributed by atoms with E-state index in [1.165, 1.54) is 57.8 Å². The fourth-order valence-electron chi connectivity index (χ4n) is 2.82. The van der Waals surface area contributed by atoms with E-state index in [4.69, 9.17) is 5.41 Å². The standard InChI is InChI=1S/C14H26N2/c1-2-3-11-16(13-9-10-13)14(15)12-7-5-4-6-8-12/h12-13,15H,2-11H2,1H3. The third-order valence-electron chi connectivity index (χ3n) is 4.04. The molecule has 0 heterocycles. The van der Waals surface area contributed by atoms with Gasteiger partial charge in [-0.1, -0.05) is 32.6 Å². The average molecular weight is 222 g/mol. The second-order valence-electron chi connectivity index (χ2n) is 5.50. The summed E-state index contributed by atoms with van der Waals surface area (Å²) in [6.07, 6.45) is 11.8. The number of hydrogen-bond donors (Lipinski definition) is 1. The molecule has 0 bridgehead atoms. The molecule has 0 spiro atoms. The Labute approximate surface area is 99.9 Å². The van der Waals surface area contributed by atoms with Gasteiger partial charge in [-0.3, -0.25) is 5.41 Å². The van der Waals surface area contributed by atoms with Gasteiger partial charge in [-0.15, -0.1) is 0 Å². The molecule has 2 nitrogen and oxygen atoms in total. The highest BCUT2D eigenvalue weighted by molar-refractivity contribution is 5.82. The van der Waals surface area contributed by atoms with Gasteiger partial charge in [-0.2, -0.15) is 0 Å². The zero-order chi connectivity index (χ0) is 11.4. The van der Waals surface area contributed by atoms with Gasteiger partial charge < -0.3 is 4.90 Å². The fourth-order valence-corrected chi connectivity index (χ4v) is 2.82. The maximum Gasteiger partial charge on any atom is 0.0991 e. The Balaban J connectivity index is 1.87. The Bertz CT molecular complexity index is 227. The molecule has 1 N–H and O–H groups in total. The number of nitrogens with one attached hydrogen (secondary N) is 1. The zero-order valence-electron chi connectivity index (χ0n) is 10.7. The Hall–Kier alpha value is -0.530. The van der Waals surface area contributed by atoms with Crippen LogP contribution < -0.4 is 0 Å². The van der Waals surface area contributed by atoms with Gasteiger partial charge in [-0.25, -0.2) is 0 Å². The summed E-state index contributed by atoms with van der Waals surface area (Å²) in [4.78, 5) is 2.43. The lowest BCUT2D eigenvalue weighted by Crippen LogP contribution is -2.38. The molecule has 0 saturated heterocycles. The lowest BCUT2D eigenvalue weighted by Gasteiger charge is -2.32. The highest BCUT2D eigenvalue weighted by atomic mass is 15.2. The van der Waals surface area contributed by atoms with Gasteiger partial charge in [0.2, 0.25) is 0 Å². The monoisotopic (exact) mass is 222 g/mol. The van der Waals surface area contributed by atoms with Crippen molar-refractivity contribution >= 4 is 5.84 Å². The molecule has 0 aliphatic heterocycles. The van der Waals surface area contributed by atoms with Crippen molar-refractivity contribution in [1.82, 2.24) is 4.90 Å². The molecule has 0 aromatic rings. The molecule has 0 amide bonds. The van der Waals surface area contributed by atoms with Crippen LogP contribution in [0, 0.1) is 11.3 Å². The summed E-state index contributed by atoms with van der Waals surface area (Å²) in [6, 6.07) is 0.737. The maximum atomic E-state index is 8.42. The number of unbranched alkanes of at least 4 members (excludes halogenated alkanes) is 1. The summed E-state index contributed by atoms with van der Waals surface area (Å²) in [5, 5.41) is 8.42. The van der Waals surface area contributed by atoms with Crippen molar-refractivity contribution in [3.8, 4) is 0 Å². The average Bonchev–Trinajstić information content (AvgIpc) is 3.15. The first kappa shape index (κ1) is 11.9. The SMILES string of the molecule is CCCCN(C(=N)C1CCCCC1)C1CC1. The van der Waals surface area contributed by atoms with E-state index in [-0.39, 0.29) is 0 Å². The molecular weight excluding hydrogens is 196 g/mol. The van der Waals surface area contributed by atoms with Crippen molar-refractivity contribution in [2.75, 3.05) is 6.54 Å². The molecule has 2 aliphatic rings. The van der Waals surface area contributed by atoms with E-state index in [0.717, 1.165) is 18.4 Å². The normalized spacial score (nSPS) is 22.1. The summed E-state index contributed by atoms with van der Waals surface area (Å²) in [7, 11) is 0. The lowest BCUT2D eigenvalue weighted by molar-refractivity contribution is 0.340.